The number of rotatable bonds is 3. The van der Waals surface area contributed by atoms with E-state index in [1.165, 1.54) is 6.08 Å². The molecule has 0 bridgehead atoms. The molecule has 0 aromatic rings. The van der Waals surface area contributed by atoms with Crippen LogP contribution in [0, 0.1) is 0 Å². The third kappa shape index (κ3) is 12.6. The van der Waals surface area contributed by atoms with Crippen LogP contribution in [0.15, 0.2) is 12.7 Å². The van der Waals surface area contributed by atoms with Crippen molar-refractivity contribution in [3.05, 3.63) is 12.7 Å². The molecule has 0 heterocycles. The largest absolute Gasteiger partial charge is 1.00 e. The van der Waals surface area contributed by atoms with Gasteiger partial charge in [0.15, 0.2) is 0 Å². The van der Waals surface area contributed by atoms with Crippen LogP contribution in [0.4, 0.5) is 0 Å². The van der Waals surface area contributed by atoms with E-state index in [-0.39, 0.29) is 64.8 Å². The summed E-state index contributed by atoms with van der Waals surface area (Å²) in [7, 11) is -4.51. The first-order valence-corrected chi connectivity index (χ1v) is 3.11. The van der Waals surface area contributed by atoms with E-state index in [9.17, 15) is 13.0 Å². The molecule has 0 unspecified atom stereocenters. The predicted molar refractivity (Wildman–Crippen MR) is 25.8 cm³/mol. The molecule has 0 aromatic carbocycles. The second kappa shape index (κ2) is 6.15. The molecule has 0 aliphatic rings. The molecule has 0 fully saturated rings. The normalized spacial score (nSPS) is 9.89. The smallest absolute Gasteiger partial charge is 0.726 e. The molecule has 0 N–H and O–H groups in total. The third-order valence-corrected chi connectivity index (χ3v) is 0.755. The maximum absolute atomic E-state index is 9.56. The average molecular weight is 223 g/mol. The van der Waals surface area contributed by atoms with Gasteiger partial charge in [-0.15, -0.1) is 6.58 Å². The zero-order valence-electron chi connectivity index (χ0n) is 5.03. The minimum Gasteiger partial charge on any atom is -0.726 e. The van der Waals surface area contributed by atoms with Gasteiger partial charge in [0.1, 0.15) is 0 Å². The molecule has 0 saturated carbocycles. The van der Waals surface area contributed by atoms with Crippen LogP contribution in [-0.2, 0) is 14.6 Å². The van der Waals surface area contributed by atoms with Crippen LogP contribution < -0.4 is 58.2 Å². The molecule has 6 heteroatoms. The summed E-state index contributed by atoms with van der Waals surface area (Å²) < 4.78 is 32.4. The minimum absolute atomic E-state index is 0. The van der Waals surface area contributed by atoms with E-state index in [4.69, 9.17) is 0 Å². The van der Waals surface area contributed by atoms with Gasteiger partial charge in [-0.2, -0.15) is 0 Å². The van der Waals surface area contributed by atoms with Crippen LogP contribution in [-0.4, -0.2) is 19.6 Å². The summed E-state index contributed by atoms with van der Waals surface area (Å²) in [5.41, 5.74) is 0. The molecule has 9 heavy (non-hydrogen) atoms. The number of hydrogen-bond acceptors (Lipinski definition) is 4. The summed E-state index contributed by atoms with van der Waals surface area (Å²) >= 11 is 0. The number of hydrogen-bond donors (Lipinski definition) is 0. The maximum atomic E-state index is 9.56. The van der Waals surface area contributed by atoms with E-state index in [2.05, 4.69) is 10.8 Å². The minimum atomic E-state index is -4.51. The van der Waals surface area contributed by atoms with Crippen molar-refractivity contribution in [2.24, 2.45) is 0 Å². The van der Waals surface area contributed by atoms with E-state index >= 15 is 0 Å². The molecule has 4 nitrogen and oxygen atoms in total. The van der Waals surface area contributed by atoms with Crippen molar-refractivity contribution in [2.45, 2.75) is 0 Å². The Balaban J connectivity index is 0. The second-order valence-corrected chi connectivity index (χ2v) is 2.03. The van der Waals surface area contributed by atoms with Gasteiger partial charge >= 0.3 is 58.2 Å². The van der Waals surface area contributed by atoms with E-state index in [1.54, 1.807) is 0 Å². The van der Waals surface area contributed by atoms with Crippen molar-refractivity contribution in [1.82, 2.24) is 0 Å². The summed E-state index contributed by atoms with van der Waals surface area (Å²) in [6.07, 6.45) is 1.18. The first-order valence-electron chi connectivity index (χ1n) is 1.77. The summed E-state index contributed by atoms with van der Waals surface area (Å²) in [5, 5.41) is 0. The van der Waals surface area contributed by atoms with Gasteiger partial charge in [-0.3, -0.25) is 4.18 Å². The summed E-state index contributed by atoms with van der Waals surface area (Å²) in [5.74, 6) is 0. The van der Waals surface area contributed by atoms with Gasteiger partial charge < -0.3 is 4.55 Å². The molecule has 0 spiro atoms. The van der Waals surface area contributed by atoms with Crippen molar-refractivity contribution in [1.29, 1.82) is 0 Å². The zero-order valence-corrected chi connectivity index (χ0v) is 10.8. The molecule has 0 radical (unpaired) electrons. The van der Waals surface area contributed by atoms with Crippen LogP contribution in [0.1, 0.15) is 0 Å². The van der Waals surface area contributed by atoms with Gasteiger partial charge in [-0.1, -0.05) is 6.08 Å². The van der Waals surface area contributed by atoms with Crippen LogP contribution in [0.25, 0.3) is 0 Å². The second-order valence-electron chi connectivity index (χ2n) is 0.981. The third-order valence-electron chi connectivity index (χ3n) is 0.330. The molecular formula is C3H5O4RbS. The van der Waals surface area contributed by atoms with Gasteiger partial charge in [-0.05, 0) is 0 Å². The average Bonchev–Trinajstić information content (AvgIpc) is 1.59. The molecule has 0 aliphatic carbocycles. The van der Waals surface area contributed by atoms with E-state index in [1.807, 2.05) is 0 Å². The summed E-state index contributed by atoms with van der Waals surface area (Å²) in [4.78, 5) is 0. The summed E-state index contributed by atoms with van der Waals surface area (Å²) in [6, 6.07) is 0. The maximum Gasteiger partial charge on any atom is 1.00 e. The van der Waals surface area contributed by atoms with Gasteiger partial charge in [0.2, 0.25) is 10.4 Å². The van der Waals surface area contributed by atoms with Crippen molar-refractivity contribution < 1.29 is 75.3 Å². The fraction of sp³-hybridized carbons (Fsp3) is 0.333. The van der Waals surface area contributed by atoms with Crippen LogP contribution >= 0.6 is 0 Å². The molecule has 0 amide bonds. The van der Waals surface area contributed by atoms with Crippen molar-refractivity contribution >= 4 is 10.4 Å². The Morgan fingerprint density at radius 3 is 2.22 bits per heavy atom. The molecule has 0 aromatic heterocycles. The SMILES string of the molecule is C=CCOS(=O)(=O)[O-].[Rb+]. The summed E-state index contributed by atoms with van der Waals surface area (Å²) in [6.45, 7) is 2.88. The Labute approximate surface area is 103 Å². The molecular weight excluding hydrogens is 218 g/mol. The van der Waals surface area contributed by atoms with Crippen molar-refractivity contribution in [2.75, 3.05) is 6.61 Å². The Morgan fingerprint density at radius 1 is 1.67 bits per heavy atom. The predicted octanol–water partition coefficient (Wildman–Crippen LogP) is -3.35. The first kappa shape index (κ1) is 13.0. The topological polar surface area (TPSA) is 66.4 Å². The van der Waals surface area contributed by atoms with E-state index in [0.717, 1.165) is 0 Å². The van der Waals surface area contributed by atoms with E-state index in [0.29, 0.717) is 0 Å². The molecule has 0 rings (SSSR count). The van der Waals surface area contributed by atoms with E-state index < -0.39 is 10.4 Å². The zero-order chi connectivity index (χ0) is 6.62. The molecule has 0 aliphatic heterocycles. The van der Waals surface area contributed by atoms with Gasteiger partial charge in [0, 0.05) is 0 Å². The van der Waals surface area contributed by atoms with Crippen molar-refractivity contribution in [3.8, 4) is 0 Å². The van der Waals surface area contributed by atoms with Crippen LogP contribution in [0.3, 0.4) is 0 Å². The Morgan fingerprint density at radius 2 is 2.11 bits per heavy atom. The van der Waals surface area contributed by atoms with Crippen LogP contribution in [0.2, 0.25) is 0 Å². The first-order chi connectivity index (χ1) is 3.56. The Kier molecular flexibility index (Phi) is 8.90. The van der Waals surface area contributed by atoms with Gasteiger partial charge in [0.25, 0.3) is 0 Å². The quantitative estimate of drug-likeness (QED) is 0.284. The Bertz CT molecular complexity index is 161. The monoisotopic (exact) mass is 222 g/mol. The van der Waals surface area contributed by atoms with Crippen molar-refractivity contribution in [3.63, 3.8) is 0 Å². The fourth-order valence-corrected chi connectivity index (χ4v) is 0.394. The Hall–Kier alpha value is 1.42. The molecule has 0 atom stereocenters. The standard InChI is InChI=1S/C3H6O4S.Rb/c1-2-3-7-8(4,5)6;/h2H,1,3H2,(H,4,5,6);/q;+1/p-1. The van der Waals surface area contributed by atoms with Gasteiger partial charge in [-0.25, -0.2) is 8.42 Å². The fourth-order valence-electron chi connectivity index (χ4n) is 0.131. The molecule has 48 valence electrons. The molecule has 0 saturated heterocycles. The van der Waals surface area contributed by atoms with Crippen LogP contribution in [0.5, 0.6) is 0 Å². The van der Waals surface area contributed by atoms with Gasteiger partial charge in [0.05, 0.1) is 6.61 Å².